The summed E-state index contributed by atoms with van der Waals surface area (Å²) in [5, 5.41) is 10.0. The second kappa shape index (κ2) is 8.21. The van der Waals surface area contributed by atoms with Gasteiger partial charge in [-0.1, -0.05) is 32.1 Å². The zero-order chi connectivity index (χ0) is 15.1. The number of nitrogens with zero attached hydrogens (tertiary/aromatic N) is 2. The molecule has 0 aromatic carbocycles. The lowest BCUT2D eigenvalue weighted by atomic mass is 10.1. The minimum absolute atomic E-state index is 0.357. The third-order valence-corrected chi connectivity index (χ3v) is 4.50. The Bertz CT molecular complexity index is 430. The van der Waals surface area contributed by atoms with Crippen molar-refractivity contribution < 1.29 is 14.6 Å². The fraction of sp³-hybridized carbons (Fsp3) is 0.714. The van der Waals surface area contributed by atoms with Crippen LogP contribution >= 0.6 is 11.3 Å². The van der Waals surface area contributed by atoms with E-state index in [2.05, 4.69) is 23.7 Å². The lowest BCUT2D eigenvalue weighted by Gasteiger charge is -2.29. The number of carboxylic acid groups (broad SMARTS) is 1. The van der Waals surface area contributed by atoms with Gasteiger partial charge in [0.25, 0.3) is 0 Å². The van der Waals surface area contributed by atoms with Crippen molar-refractivity contribution in [3.63, 3.8) is 0 Å². The molecule has 0 amide bonds. The SMILES string of the molecule is CCc1nc(N(CCOC)C(CC)CC)sc1C(=O)O. The first kappa shape index (κ1) is 16.9. The Kier molecular flexibility index (Phi) is 6.95. The maximum atomic E-state index is 11.3. The van der Waals surface area contributed by atoms with Crippen molar-refractivity contribution in [1.82, 2.24) is 4.98 Å². The standard InChI is InChI=1S/C14H24N2O3S/c1-5-10(6-2)16(8-9-19-4)14-15-11(7-3)12(20-14)13(17)18/h10H,5-9H2,1-4H3,(H,17,18). The minimum atomic E-state index is -0.887. The maximum Gasteiger partial charge on any atom is 0.347 e. The Balaban J connectivity index is 3.09. The van der Waals surface area contributed by atoms with Crippen molar-refractivity contribution in [3.8, 4) is 0 Å². The van der Waals surface area contributed by atoms with Crippen LogP contribution in [0.15, 0.2) is 0 Å². The Morgan fingerprint density at radius 1 is 1.40 bits per heavy atom. The molecule has 0 unspecified atom stereocenters. The predicted molar refractivity (Wildman–Crippen MR) is 82.0 cm³/mol. The maximum absolute atomic E-state index is 11.3. The van der Waals surface area contributed by atoms with Crippen LogP contribution in [0.1, 0.15) is 49.0 Å². The number of carboxylic acids is 1. The van der Waals surface area contributed by atoms with Crippen LogP contribution in [-0.4, -0.2) is 42.4 Å². The second-order valence-electron chi connectivity index (χ2n) is 4.59. The zero-order valence-electron chi connectivity index (χ0n) is 12.7. The lowest BCUT2D eigenvalue weighted by molar-refractivity contribution is 0.0701. The summed E-state index contributed by atoms with van der Waals surface area (Å²) in [5.41, 5.74) is 0.672. The van der Waals surface area contributed by atoms with Crippen molar-refractivity contribution in [3.05, 3.63) is 10.6 Å². The third kappa shape index (κ3) is 3.93. The summed E-state index contributed by atoms with van der Waals surface area (Å²) in [6, 6.07) is 0.364. The van der Waals surface area contributed by atoms with E-state index in [-0.39, 0.29) is 0 Å². The molecule has 5 nitrogen and oxygen atoms in total. The summed E-state index contributed by atoms with van der Waals surface area (Å²) in [7, 11) is 1.67. The van der Waals surface area contributed by atoms with Crippen molar-refractivity contribution >= 4 is 22.4 Å². The number of anilines is 1. The lowest BCUT2D eigenvalue weighted by Crippen LogP contribution is -2.37. The first-order valence-corrected chi connectivity index (χ1v) is 7.89. The molecule has 0 aliphatic rings. The highest BCUT2D eigenvalue weighted by atomic mass is 32.1. The van der Waals surface area contributed by atoms with Crippen LogP contribution in [0.3, 0.4) is 0 Å². The quantitative estimate of drug-likeness (QED) is 0.759. The van der Waals surface area contributed by atoms with Gasteiger partial charge in [-0.3, -0.25) is 0 Å². The van der Waals surface area contributed by atoms with Crippen LogP contribution < -0.4 is 4.90 Å². The van der Waals surface area contributed by atoms with Crippen LogP contribution in [0, 0.1) is 0 Å². The highest BCUT2D eigenvalue weighted by Gasteiger charge is 2.23. The Hall–Kier alpha value is -1.14. The average Bonchev–Trinajstić information content (AvgIpc) is 2.87. The van der Waals surface area contributed by atoms with Gasteiger partial charge in [0.15, 0.2) is 5.13 Å². The molecule has 0 saturated carbocycles. The monoisotopic (exact) mass is 300 g/mol. The molecule has 1 rings (SSSR count). The van der Waals surface area contributed by atoms with E-state index in [4.69, 9.17) is 4.74 Å². The van der Waals surface area contributed by atoms with Gasteiger partial charge in [0, 0.05) is 19.7 Å². The van der Waals surface area contributed by atoms with Gasteiger partial charge >= 0.3 is 5.97 Å². The van der Waals surface area contributed by atoms with Crippen molar-refractivity contribution in [2.75, 3.05) is 25.2 Å². The number of hydrogen-bond donors (Lipinski definition) is 1. The number of carbonyl (C=O) groups is 1. The molecule has 6 heteroatoms. The van der Waals surface area contributed by atoms with Gasteiger partial charge in [-0.15, -0.1) is 0 Å². The largest absolute Gasteiger partial charge is 0.477 e. The number of hydrogen-bond acceptors (Lipinski definition) is 5. The normalized spacial score (nSPS) is 11.1. The van der Waals surface area contributed by atoms with Gasteiger partial charge in [0.1, 0.15) is 4.88 Å². The summed E-state index contributed by atoms with van der Waals surface area (Å²) in [4.78, 5) is 18.3. The highest BCUT2D eigenvalue weighted by molar-refractivity contribution is 7.17. The summed E-state index contributed by atoms with van der Waals surface area (Å²) in [6.45, 7) is 7.56. The fourth-order valence-electron chi connectivity index (χ4n) is 2.22. The average molecular weight is 300 g/mol. The first-order chi connectivity index (χ1) is 9.58. The summed E-state index contributed by atoms with van der Waals surface area (Å²) in [6.07, 6.45) is 2.65. The van der Waals surface area contributed by atoms with E-state index >= 15 is 0 Å². The second-order valence-corrected chi connectivity index (χ2v) is 5.56. The molecule has 1 aromatic heterocycles. The molecule has 0 fully saturated rings. The van der Waals surface area contributed by atoms with Crippen LogP contribution in [0.2, 0.25) is 0 Å². The van der Waals surface area contributed by atoms with Gasteiger partial charge in [-0.05, 0) is 19.3 Å². The molecule has 0 radical (unpaired) electrons. The highest BCUT2D eigenvalue weighted by Crippen LogP contribution is 2.29. The van der Waals surface area contributed by atoms with Crippen LogP contribution in [0.4, 0.5) is 5.13 Å². The van der Waals surface area contributed by atoms with Gasteiger partial charge in [0.2, 0.25) is 0 Å². The van der Waals surface area contributed by atoms with Crippen molar-refractivity contribution in [2.24, 2.45) is 0 Å². The summed E-state index contributed by atoms with van der Waals surface area (Å²) in [5.74, 6) is -0.887. The van der Waals surface area contributed by atoms with Gasteiger partial charge < -0.3 is 14.7 Å². The number of aromatic carboxylic acids is 1. The number of aryl methyl sites for hydroxylation is 1. The van der Waals surface area contributed by atoms with E-state index in [1.165, 1.54) is 11.3 Å². The van der Waals surface area contributed by atoms with Gasteiger partial charge in [0.05, 0.1) is 12.3 Å². The van der Waals surface area contributed by atoms with E-state index in [1.54, 1.807) is 7.11 Å². The number of aromatic nitrogens is 1. The molecule has 0 aliphatic carbocycles. The van der Waals surface area contributed by atoms with Crippen molar-refractivity contribution in [2.45, 2.75) is 46.1 Å². The van der Waals surface area contributed by atoms with Gasteiger partial charge in [-0.25, -0.2) is 9.78 Å². The van der Waals surface area contributed by atoms with E-state index in [0.717, 1.165) is 24.5 Å². The summed E-state index contributed by atoms with van der Waals surface area (Å²) >= 11 is 1.27. The fourth-order valence-corrected chi connectivity index (χ4v) is 3.31. The number of methoxy groups -OCH3 is 1. The van der Waals surface area contributed by atoms with E-state index in [1.807, 2.05) is 6.92 Å². The molecular formula is C14H24N2O3S. The van der Waals surface area contributed by atoms with Crippen LogP contribution in [0.5, 0.6) is 0 Å². The molecule has 1 N–H and O–H groups in total. The predicted octanol–water partition coefficient (Wildman–Crippen LogP) is 3.05. The van der Waals surface area contributed by atoms with Crippen molar-refractivity contribution in [1.29, 1.82) is 0 Å². The Labute approximate surface area is 124 Å². The molecule has 0 bridgehead atoms. The van der Waals surface area contributed by atoms with E-state index < -0.39 is 5.97 Å². The van der Waals surface area contributed by atoms with E-state index in [0.29, 0.717) is 29.6 Å². The number of rotatable bonds is 9. The molecule has 114 valence electrons. The molecular weight excluding hydrogens is 276 g/mol. The Morgan fingerprint density at radius 2 is 2.05 bits per heavy atom. The number of thiazole rings is 1. The molecule has 0 aliphatic heterocycles. The third-order valence-electron chi connectivity index (χ3n) is 3.38. The minimum Gasteiger partial charge on any atom is -0.477 e. The molecule has 1 aromatic rings. The first-order valence-electron chi connectivity index (χ1n) is 7.07. The topological polar surface area (TPSA) is 62.7 Å². The smallest absolute Gasteiger partial charge is 0.347 e. The molecule has 0 saturated heterocycles. The molecule has 0 atom stereocenters. The number of ether oxygens (including phenoxy) is 1. The van der Waals surface area contributed by atoms with E-state index in [9.17, 15) is 9.90 Å². The zero-order valence-corrected chi connectivity index (χ0v) is 13.5. The summed E-state index contributed by atoms with van der Waals surface area (Å²) < 4.78 is 5.16. The van der Waals surface area contributed by atoms with Crippen LogP contribution in [0.25, 0.3) is 0 Å². The Morgan fingerprint density at radius 3 is 2.45 bits per heavy atom. The molecule has 1 heterocycles. The molecule has 20 heavy (non-hydrogen) atoms. The molecule has 0 spiro atoms. The van der Waals surface area contributed by atoms with Gasteiger partial charge in [-0.2, -0.15) is 0 Å². The van der Waals surface area contributed by atoms with Crippen LogP contribution in [-0.2, 0) is 11.2 Å².